The van der Waals surface area contributed by atoms with Crippen LogP contribution >= 0.6 is 11.3 Å². The van der Waals surface area contributed by atoms with Crippen molar-refractivity contribution in [2.75, 3.05) is 6.54 Å². The zero-order valence-corrected chi connectivity index (χ0v) is 14.0. The van der Waals surface area contributed by atoms with Gasteiger partial charge in [0.15, 0.2) is 5.60 Å². The molecule has 1 amide bonds. The second-order valence-electron chi connectivity index (χ2n) is 5.68. The molecular formula is C19H15NO4S. The van der Waals surface area contributed by atoms with E-state index in [0.717, 1.165) is 10.1 Å². The molecule has 0 spiro atoms. The summed E-state index contributed by atoms with van der Waals surface area (Å²) in [4.78, 5) is 13.1. The van der Waals surface area contributed by atoms with Gasteiger partial charge >= 0.3 is 0 Å². The Balaban J connectivity index is 1.58. The quantitative estimate of drug-likeness (QED) is 0.573. The number of carbonyl (C=O) groups is 1. The van der Waals surface area contributed by atoms with E-state index in [1.54, 1.807) is 18.2 Å². The van der Waals surface area contributed by atoms with Crippen molar-refractivity contribution in [1.82, 2.24) is 5.32 Å². The molecule has 1 aromatic carbocycles. The van der Waals surface area contributed by atoms with Gasteiger partial charge in [0, 0.05) is 10.3 Å². The van der Waals surface area contributed by atoms with Crippen LogP contribution in [0.15, 0.2) is 76.2 Å². The number of hydrogen-bond donors (Lipinski definition) is 2. The van der Waals surface area contributed by atoms with Crippen LogP contribution < -0.4 is 5.32 Å². The molecule has 0 fully saturated rings. The summed E-state index contributed by atoms with van der Waals surface area (Å²) in [6, 6.07) is 14.7. The molecule has 0 bridgehead atoms. The van der Waals surface area contributed by atoms with Gasteiger partial charge in [0.05, 0.1) is 30.2 Å². The second-order valence-corrected chi connectivity index (χ2v) is 6.76. The Kier molecular flexibility index (Phi) is 3.91. The number of furan rings is 2. The number of thiophene rings is 1. The average molecular weight is 353 g/mol. The summed E-state index contributed by atoms with van der Waals surface area (Å²) in [6.07, 6.45) is 4.39. The molecule has 4 rings (SSSR count). The maximum Gasteiger partial charge on any atom is 0.261 e. The van der Waals surface area contributed by atoms with Crippen molar-refractivity contribution in [1.29, 1.82) is 0 Å². The van der Waals surface area contributed by atoms with E-state index in [0.29, 0.717) is 16.2 Å². The largest absolute Gasteiger partial charge is 0.472 e. The predicted molar refractivity (Wildman–Crippen MR) is 94.6 cm³/mol. The molecule has 1 atom stereocenters. The molecule has 0 aliphatic rings. The first kappa shape index (κ1) is 15.7. The summed E-state index contributed by atoms with van der Waals surface area (Å²) in [6.45, 7) is -0.0346. The van der Waals surface area contributed by atoms with E-state index in [-0.39, 0.29) is 12.5 Å². The van der Waals surface area contributed by atoms with Gasteiger partial charge in [0.1, 0.15) is 5.76 Å². The van der Waals surface area contributed by atoms with Crippen molar-refractivity contribution < 1.29 is 18.7 Å². The SMILES string of the molecule is O=C(NC[C@](O)(c1ccoc1)c1ccco1)c1cc2ccccc2s1. The summed E-state index contributed by atoms with van der Waals surface area (Å²) in [5, 5.41) is 14.9. The van der Waals surface area contributed by atoms with Gasteiger partial charge in [-0.25, -0.2) is 0 Å². The van der Waals surface area contributed by atoms with E-state index >= 15 is 0 Å². The number of rotatable bonds is 5. The van der Waals surface area contributed by atoms with Gasteiger partial charge in [-0.3, -0.25) is 4.79 Å². The summed E-state index contributed by atoms with van der Waals surface area (Å²) in [5.74, 6) is 0.0974. The molecule has 2 N–H and O–H groups in total. The van der Waals surface area contributed by atoms with Crippen LogP contribution in [0.4, 0.5) is 0 Å². The average Bonchev–Trinajstić information content (AvgIpc) is 3.40. The lowest BCUT2D eigenvalue weighted by molar-refractivity contribution is 0.0521. The number of fused-ring (bicyclic) bond motifs is 1. The molecule has 126 valence electrons. The lowest BCUT2D eigenvalue weighted by Crippen LogP contribution is -2.41. The monoisotopic (exact) mass is 353 g/mol. The number of aliphatic hydroxyl groups is 1. The Hall–Kier alpha value is -2.83. The molecule has 0 radical (unpaired) electrons. The van der Waals surface area contributed by atoms with Gasteiger partial charge in [-0.15, -0.1) is 11.3 Å². The molecule has 0 saturated carbocycles. The standard InChI is InChI=1S/C19H15NO4S/c21-18(16-10-13-4-1-2-5-15(13)25-16)20-12-19(22,14-7-9-23-11-14)17-6-3-8-24-17/h1-11,22H,12H2,(H,20,21)/t19-/m0/s1. The number of amides is 1. The molecule has 3 heterocycles. The highest BCUT2D eigenvalue weighted by atomic mass is 32.1. The molecule has 0 aliphatic heterocycles. The van der Waals surface area contributed by atoms with Crippen LogP contribution in [-0.2, 0) is 5.60 Å². The summed E-state index contributed by atoms with van der Waals surface area (Å²) in [5.41, 5.74) is -0.984. The number of benzene rings is 1. The Labute approximate surface area is 147 Å². The molecule has 4 aromatic rings. The first-order chi connectivity index (χ1) is 12.2. The molecule has 0 saturated heterocycles. The van der Waals surface area contributed by atoms with Crippen molar-refractivity contribution in [2.45, 2.75) is 5.60 Å². The van der Waals surface area contributed by atoms with Crippen molar-refractivity contribution in [3.63, 3.8) is 0 Å². The Bertz CT molecular complexity index is 918. The third-order valence-electron chi connectivity index (χ3n) is 4.08. The Morgan fingerprint density at radius 1 is 1.16 bits per heavy atom. The van der Waals surface area contributed by atoms with Gasteiger partial charge in [0.2, 0.25) is 0 Å². The van der Waals surface area contributed by atoms with Crippen LogP contribution in [-0.4, -0.2) is 17.6 Å². The van der Waals surface area contributed by atoms with E-state index in [1.165, 1.54) is 30.1 Å². The number of nitrogens with one attached hydrogen (secondary N) is 1. The topological polar surface area (TPSA) is 75.6 Å². The fourth-order valence-corrected chi connectivity index (χ4v) is 3.71. The van der Waals surface area contributed by atoms with Gasteiger partial charge in [0.25, 0.3) is 5.91 Å². The predicted octanol–water partition coefficient (Wildman–Crippen LogP) is 3.75. The molecule has 0 unspecified atom stereocenters. The van der Waals surface area contributed by atoms with Crippen molar-refractivity contribution in [3.05, 3.63) is 83.5 Å². The lowest BCUT2D eigenvalue weighted by atomic mass is 9.93. The van der Waals surface area contributed by atoms with Crippen LogP contribution in [0.2, 0.25) is 0 Å². The smallest absolute Gasteiger partial charge is 0.261 e. The first-order valence-corrected chi connectivity index (χ1v) is 8.54. The maximum absolute atomic E-state index is 12.5. The van der Waals surface area contributed by atoms with Gasteiger partial charge in [-0.05, 0) is 35.7 Å². The molecule has 25 heavy (non-hydrogen) atoms. The van der Waals surface area contributed by atoms with Crippen LogP contribution in [0, 0.1) is 0 Å². The normalized spacial score (nSPS) is 13.6. The lowest BCUT2D eigenvalue weighted by Gasteiger charge is -2.25. The minimum absolute atomic E-state index is 0.0346. The molecule has 0 aliphatic carbocycles. The van der Waals surface area contributed by atoms with Crippen molar-refractivity contribution >= 4 is 27.3 Å². The van der Waals surface area contributed by atoms with Crippen molar-refractivity contribution in [3.8, 4) is 0 Å². The molecule has 5 nitrogen and oxygen atoms in total. The van der Waals surface area contributed by atoms with E-state index < -0.39 is 5.60 Å². The molecular weight excluding hydrogens is 338 g/mol. The fourth-order valence-electron chi connectivity index (χ4n) is 2.73. The zero-order valence-electron chi connectivity index (χ0n) is 13.1. The second kappa shape index (κ2) is 6.23. The van der Waals surface area contributed by atoms with Gasteiger partial charge in [-0.1, -0.05) is 18.2 Å². The first-order valence-electron chi connectivity index (χ1n) is 7.73. The third kappa shape index (κ3) is 2.86. The van der Waals surface area contributed by atoms with Gasteiger partial charge in [-0.2, -0.15) is 0 Å². The highest BCUT2D eigenvalue weighted by molar-refractivity contribution is 7.20. The van der Waals surface area contributed by atoms with Crippen LogP contribution in [0.25, 0.3) is 10.1 Å². The minimum Gasteiger partial charge on any atom is -0.472 e. The van der Waals surface area contributed by atoms with Gasteiger partial charge < -0.3 is 19.3 Å². The highest BCUT2D eigenvalue weighted by Crippen LogP contribution is 2.30. The van der Waals surface area contributed by atoms with Crippen LogP contribution in [0.3, 0.4) is 0 Å². The third-order valence-corrected chi connectivity index (χ3v) is 5.20. The van der Waals surface area contributed by atoms with Crippen LogP contribution in [0.1, 0.15) is 21.0 Å². The summed E-state index contributed by atoms with van der Waals surface area (Å²) < 4.78 is 11.5. The van der Waals surface area contributed by atoms with E-state index in [1.807, 2.05) is 30.3 Å². The molecule has 6 heteroatoms. The van der Waals surface area contributed by atoms with Crippen molar-refractivity contribution in [2.24, 2.45) is 0 Å². The maximum atomic E-state index is 12.5. The highest BCUT2D eigenvalue weighted by Gasteiger charge is 2.36. The summed E-state index contributed by atoms with van der Waals surface area (Å²) >= 11 is 1.42. The molecule has 3 aromatic heterocycles. The number of hydrogen-bond acceptors (Lipinski definition) is 5. The minimum atomic E-state index is -1.50. The number of carbonyl (C=O) groups excluding carboxylic acids is 1. The van der Waals surface area contributed by atoms with Crippen LogP contribution in [0.5, 0.6) is 0 Å². The Morgan fingerprint density at radius 2 is 2.04 bits per heavy atom. The zero-order chi connectivity index (χ0) is 17.3. The fraction of sp³-hybridized carbons (Fsp3) is 0.105. The van der Waals surface area contributed by atoms with E-state index in [2.05, 4.69) is 5.32 Å². The Morgan fingerprint density at radius 3 is 2.76 bits per heavy atom. The van der Waals surface area contributed by atoms with E-state index in [9.17, 15) is 9.90 Å². The summed E-state index contributed by atoms with van der Waals surface area (Å²) in [7, 11) is 0. The van der Waals surface area contributed by atoms with E-state index in [4.69, 9.17) is 8.83 Å².